The number of benzene rings is 1. The third-order valence-corrected chi connectivity index (χ3v) is 3.95. The van der Waals surface area contributed by atoms with E-state index in [0.717, 1.165) is 23.1 Å². The van der Waals surface area contributed by atoms with Crippen LogP contribution in [-0.4, -0.2) is 22.1 Å². The number of aromatic nitrogens is 2. The zero-order valence-electron chi connectivity index (χ0n) is 13.5. The maximum Gasteiger partial charge on any atom is 0.341 e. The topological polar surface area (TPSA) is 56.1 Å². The smallest absolute Gasteiger partial charge is 0.341 e. The average Bonchev–Trinajstić information content (AvgIpc) is 3.00. The molecule has 0 aliphatic rings. The molecule has 24 heavy (non-hydrogen) atoms. The normalized spacial score (nSPS) is 10.8. The van der Waals surface area contributed by atoms with Crippen molar-refractivity contribution in [2.75, 3.05) is 11.9 Å². The lowest BCUT2D eigenvalue weighted by molar-refractivity contribution is 0.0528. The van der Waals surface area contributed by atoms with E-state index in [1.165, 1.54) is 0 Å². The highest BCUT2D eigenvalue weighted by Crippen LogP contribution is 2.29. The number of esters is 1. The van der Waals surface area contributed by atoms with Crippen LogP contribution in [0, 0.1) is 0 Å². The number of anilines is 2. The number of nitrogens with one attached hydrogen (secondary N) is 1. The summed E-state index contributed by atoms with van der Waals surface area (Å²) in [6, 6.07) is 9.36. The standard InChI is InChI=1S/C18H18ClN3O2/c1-3-22-9-8-14-16(22)15(18(23)24-4-2)11-20-17(14)21-13-7-5-6-12(19)10-13/h5-11H,3-4H2,1-2H3,(H,20,21). The number of fused-ring (bicyclic) bond motifs is 1. The van der Waals surface area contributed by atoms with Crippen LogP contribution in [0.15, 0.2) is 42.7 Å². The van der Waals surface area contributed by atoms with Gasteiger partial charge in [0.05, 0.1) is 12.1 Å². The Kier molecular flexibility index (Phi) is 4.71. The van der Waals surface area contributed by atoms with Gasteiger partial charge in [-0.15, -0.1) is 0 Å². The molecule has 2 aromatic heterocycles. The molecule has 0 bridgehead atoms. The second-order valence-corrected chi connectivity index (χ2v) is 5.68. The Morgan fingerprint density at radius 1 is 1.33 bits per heavy atom. The van der Waals surface area contributed by atoms with E-state index >= 15 is 0 Å². The number of hydrogen-bond donors (Lipinski definition) is 1. The predicted octanol–water partition coefficient (Wildman–Crippen LogP) is 4.63. The van der Waals surface area contributed by atoms with Crippen molar-refractivity contribution in [3.05, 3.63) is 53.3 Å². The molecule has 0 saturated heterocycles. The van der Waals surface area contributed by atoms with E-state index in [2.05, 4.69) is 10.3 Å². The minimum absolute atomic E-state index is 0.329. The van der Waals surface area contributed by atoms with Gasteiger partial charge < -0.3 is 14.6 Å². The SMILES string of the molecule is CCOC(=O)c1cnc(Nc2cccc(Cl)c2)c2ccn(CC)c12. The maximum atomic E-state index is 12.2. The summed E-state index contributed by atoms with van der Waals surface area (Å²) in [5.74, 6) is 0.310. The monoisotopic (exact) mass is 343 g/mol. The largest absolute Gasteiger partial charge is 0.462 e. The number of carbonyl (C=O) groups excluding carboxylic acids is 1. The van der Waals surface area contributed by atoms with Crippen LogP contribution in [0.4, 0.5) is 11.5 Å². The van der Waals surface area contributed by atoms with Gasteiger partial charge in [0.1, 0.15) is 11.4 Å². The Morgan fingerprint density at radius 2 is 2.17 bits per heavy atom. The predicted molar refractivity (Wildman–Crippen MR) is 96.1 cm³/mol. The van der Waals surface area contributed by atoms with Crippen molar-refractivity contribution >= 4 is 40.0 Å². The maximum absolute atomic E-state index is 12.2. The highest BCUT2D eigenvalue weighted by Gasteiger charge is 2.18. The summed E-state index contributed by atoms with van der Waals surface area (Å²) in [6.45, 7) is 4.89. The van der Waals surface area contributed by atoms with Gasteiger partial charge in [-0.2, -0.15) is 0 Å². The van der Waals surface area contributed by atoms with Crippen molar-refractivity contribution in [3.63, 3.8) is 0 Å². The van der Waals surface area contributed by atoms with E-state index in [0.29, 0.717) is 23.0 Å². The van der Waals surface area contributed by atoms with E-state index in [1.807, 2.05) is 48.0 Å². The molecular formula is C18H18ClN3O2. The van der Waals surface area contributed by atoms with Gasteiger partial charge in [0.2, 0.25) is 0 Å². The number of pyridine rings is 1. The molecule has 0 radical (unpaired) electrons. The number of ether oxygens (including phenoxy) is 1. The molecule has 3 aromatic rings. The first-order chi connectivity index (χ1) is 11.6. The van der Waals surface area contributed by atoms with Crippen molar-refractivity contribution in [1.82, 2.24) is 9.55 Å². The van der Waals surface area contributed by atoms with Crippen molar-refractivity contribution in [2.24, 2.45) is 0 Å². The lowest BCUT2D eigenvalue weighted by Gasteiger charge is -2.11. The van der Waals surface area contributed by atoms with Crippen LogP contribution in [0.5, 0.6) is 0 Å². The molecule has 0 amide bonds. The van der Waals surface area contributed by atoms with Crippen LogP contribution in [0.2, 0.25) is 5.02 Å². The summed E-state index contributed by atoms with van der Waals surface area (Å²) in [6.07, 6.45) is 3.50. The van der Waals surface area contributed by atoms with Gasteiger partial charge in [-0.05, 0) is 38.1 Å². The van der Waals surface area contributed by atoms with Crippen LogP contribution < -0.4 is 5.32 Å². The van der Waals surface area contributed by atoms with Gasteiger partial charge in [0, 0.05) is 35.0 Å². The van der Waals surface area contributed by atoms with Crippen LogP contribution >= 0.6 is 11.6 Å². The average molecular weight is 344 g/mol. The summed E-state index contributed by atoms with van der Waals surface area (Å²) < 4.78 is 7.16. The molecular weight excluding hydrogens is 326 g/mol. The highest BCUT2D eigenvalue weighted by atomic mass is 35.5. The summed E-state index contributed by atoms with van der Waals surface area (Å²) in [7, 11) is 0. The van der Waals surface area contributed by atoms with Crippen LogP contribution in [0.1, 0.15) is 24.2 Å². The number of aryl methyl sites for hydroxylation is 1. The van der Waals surface area contributed by atoms with Gasteiger partial charge >= 0.3 is 5.97 Å². The fraction of sp³-hybridized carbons (Fsp3) is 0.222. The Bertz CT molecular complexity index is 889. The Hall–Kier alpha value is -2.53. The van der Waals surface area contributed by atoms with E-state index in [-0.39, 0.29) is 5.97 Å². The van der Waals surface area contributed by atoms with Gasteiger partial charge in [0.25, 0.3) is 0 Å². The van der Waals surface area contributed by atoms with E-state index in [1.54, 1.807) is 13.1 Å². The fourth-order valence-corrected chi connectivity index (χ4v) is 2.84. The molecule has 1 aromatic carbocycles. The molecule has 0 aliphatic carbocycles. The lowest BCUT2D eigenvalue weighted by atomic mass is 10.2. The zero-order chi connectivity index (χ0) is 17.1. The Morgan fingerprint density at radius 3 is 2.88 bits per heavy atom. The molecule has 0 unspecified atom stereocenters. The molecule has 0 fully saturated rings. The quantitative estimate of drug-likeness (QED) is 0.686. The Labute approximate surface area is 145 Å². The number of carbonyl (C=O) groups is 1. The third kappa shape index (κ3) is 3.08. The van der Waals surface area contributed by atoms with Crippen molar-refractivity contribution < 1.29 is 9.53 Å². The first kappa shape index (κ1) is 16.3. The number of rotatable bonds is 5. The molecule has 0 saturated carbocycles. The number of hydrogen-bond acceptors (Lipinski definition) is 4. The molecule has 0 atom stereocenters. The fourth-order valence-electron chi connectivity index (χ4n) is 2.65. The second kappa shape index (κ2) is 6.93. The molecule has 1 N–H and O–H groups in total. The molecule has 2 heterocycles. The van der Waals surface area contributed by atoms with Gasteiger partial charge in [-0.1, -0.05) is 17.7 Å². The van der Waals surface area contributed by atoms with Gasteiger partial charge in [-0.3, -0.25) is 0 Å². The molecule has 5 nitrogen and oxygen atoms in total. The highest BCUT2D eigenvalue weighted by molar-refractivity contribution is 6.30. The Balaban J connectivity index is 2.09. The molecule has 3 rings (SSSR count). The number of nitrogens with zero attached hydrogens (tertiary/aromatic N) is 2. The minimum atomic E-state index is -0.363. The molecule has 0 spiro atoms. The summed E-state index contributed by atoms with van der Waals surface area (Å²) in [4.78, 5) is 16.6. The molecule has 6 heteroatoms. The first-order valence-corrected chi connectivity index (χ1v) is 8.19. The van der Waals surface area contributed by atoms with Gasteiger partial charge in [-0.25, -0.2) is 9.78 Å². The minimum Gasteiger partial charge on any atom is -0.462 e. The molecule has 0 aliphatic heterocycles. The summed E-state index contributed by atoms with van der Waals surface area (Å²) >= 11 is 6.03. The van der Waals surface area contributed by atoms with Crippen LogP contribution in [-0.2, 0) is 11.3 Å². The van der Waals surface area contributed by atoms with Crippen molar-refractivity contribution in [3.8, 4) is 0 Å². The second-order valence-electron chi connectivity index (χ2n) is 5.24. The number of halogens is 1. The first-order valence-electron chi connectivity index (χ1n) is 7.81. The molecule has 124 valence electrons. The summed E-state index contributed by atoms with van der Waals surface area (Å²) in [5, 5.41) is 4.77. The van der Waals surface area contributed by atoms with E-state index < -0.39 is 0 Å². The van der Waals surface area contributed by atoms with Crippen LogP contribution in [0.3, 0.4) is 0 Å². The summed E-state index contributed by atoms with van der Waals surface area (Å²) in [5.41, 5.74) is 2.12. The van der Waals surface area contributed by atoms with E-state index in [4.69, 9.17) is 16.3 Å². The third-order valence-electron chi connectivity index (χ3n) is 3.72. The van der Waals surface area contributed by atoms with Crippen molar-refractivity contribution in [1.29, 1.82) is 0 Å². The van der Waals surface area contributed by atoms with Gasteiger partial charge in [0.15, 0.2) is 0 Å². The van der Waals surface area contributed by atoms with E-state index in [9.17, 15) is 4.79 Å². The zero-order valence-corrected chi connectivity index (χ0v) is 14.3. The van der Waals surface area contributed by atoms with Crippen molar-refractivity contribution in [2.45, 2.75) is 20.4 Å². The lowest BCUT2D eigenvalue weighted by Crippen LogP contribution is -2.09. The van der Waals surface area contributed by atoms with Crippen LogP contribution in [0.25, 0.3) is 10.9 Å².